The van der Waals surface area contributed by atoms with Gasteiger partial charge in [-0.2, -0.15) is 0 Å². The predicted molar refractivity (Wildman–Crippen MR) is 74.4 cm³/mol. The smallest absolute Gasteiger partial charge is 0.311 e. The molecule has 126 valence electrons. The predicted octanol–water partition coefficient (Wildman–Crippen LogP) is 1.53. The topological polar surface area (TPSA) is 149 Å². The Balaban J connectivity index is 6.67. The molecule has 3 atom stereocenters. The summed E-state index contributed by atoms with van der Waals surface area (Å²) in [5.74, 6) is -7.65. The van der Waals surface area contributed by atoms with Crippen LogP contribution < -0.4 is 0 Å². The van der Waals surface area contributed by atoms with Gasteiger partial charge < -0.3 is 20.4 Å². The average Bonchev–Trinajstić information content (AvgIpc) is 2.40. The number of hydrogen-bond acceptors (Lipinski definition) is 4. The number of carboxylic acids is 4. The normalized spacial score (nSPS) is 17.8. The molecule has 0 aromatic carbocycles. The van der Waals surface area contributed by atoms with Crippen molar-refractivity contribution in [3.8, 4) is 0 Å². The zero-order valence-corrected chi connectivity index (χ0v) is 12.8. The number of hydrogen-bond donors (Lipinski definition) is 4. The van der Waals surface area contributed by atoms with Crippen molar-refractivity contribution in [1.82, 2.24) is 0 Å². The Kier molecular flexibility index (Phi) is 6.54. The standard InChI is InChI=1S/C14H22O8/c1-4-8(10(17)18)14(6-3,12(21)22)13(5-2,11(19)20)7-9(15)16/h8H,4-7H2,1-3H3,(H,15,16)(H,17,18)(H,19,20)(H,21,22). The summed E-state index contributed by atoms with van der Waals surface area (Å²) in [6, 6.07) is 0. The fourth-order valence-electron chi connectivity index (χ4n) is 3.43. The molecule has 0 aromatic rings. The van der Waals surface area contributed by atoms with Gasteiger partial charge in [-0.25, -0.2) is 0 Å². The maximum atomic E-state index is 11.9. The van der Waals surface area contributed by atoms with Crippen LogP contribution in [0.15, 0.2) is 0 Å². The molecule has 8 heteroatoms. The third-order valence-electron chi connectivity index (χ3n) is 4.56. The monoisotopic (exact) mass is 318 g/mol. The molecule has 0 rings (SSSR count). The van der Waals surface area contributed by atoms with E-state index in [0.717, 1.165) is 0 Å². The first-order valence-corrected chi connectivity index (χ1v) is 6.98. The zero-order valence-electron chi connectivity index (χ0n) is 12.8. The van der Waals surface area contributed by atoms with Crippen LogP contribution in [0.1, 0.15) is 46.5 Å². The minimum absolute atomic E-state index is 0.121. The third-order valence-corrected chi connectivity index (χ3v) is 4.56. The summed E-state index contributed by atoms with van der Waals surface area (Å²) in [6.45, 7) is 4.17. The second-order valence-corrected chi connectivity index (χ2v) is 5.24. The molecular weight excluding hydrogens is 296 g/mol. The van der Waals surface area contributed by atoms with Crippen LogP contribution in [0.2, 0.25) is 0 Å². The van der Waals surface area contributed by atoms with E-state index in [1.54, 1.807) is 0 Å². The Morgan fingerprint density at radius 1 is 0.864 bits per heavy atom. The van der Waals surface area contributed by atoms with Crippen molar-refractivity contribution in [2.75, 3.05) is 0 Å². The Hall–Kier alpha value is -2.12. The minimum Gasteiger partial charge on any atom is -0.481 e. The minimum atomic E-state index is -2.22. The Bertz CT molecular complexity index is 471. The molecule has 0 aliphatic rings. The SMILES string of the molecule is CCC(C(=O)O)C(CC)(C(=O)O)C(CC)(CC(=O)O)C(=O)O. The van der Waals surface area contributed by atoms with Gasteiger partial charge in [0.1, 0.15) is 0 Å². The van der Waals surface area contributed by atoms with Crippen molar-refractivity contribution in [3.63, 3.8) is 0 Å². The van der Waals surface area contributed by atoms with Gasteiger partial charge in [0.2, 0.25) is 0 Å². The molecule has 3 unspecified atom stereocenters. The Morgan fingerprint density at radius 3 is 1.55 bits per heavy atom. The van der Waals surface area contributed by atoms with E-state index >= 15 is 0 Å². The zero-order chi connectivity index (χ0) is 17.7. The molecule has 0 saturated heterocycles. The number of carboxylic acid groups (broad SMARTS) is 4. The number of rotatable bonds is 10. The van der Waals surface area contributed by atoms with Crippen molar-refractivity contribution in [1.29, 1.82) is 0 Å². The summed E-state index contributed by atoms with van der Waals surface area (Å²) in [7, 11) is 0. The molecule has 0 amide bonds. The van der Waals surface area contributed by atoms with E-state index in [4.69, 9.17) is 5.11 Å². The molecule has 4 N–H and O–H groups in total. The van der Waals surface area contributed by atoms with Gasteiger partial charge in [0.15, 0.2) is 0 Å². The fraction of sp³-hybridized carbons (Fsp3) is 0.714. The lowest BCUT2D eigenvalue weighted by atomic mass is 9.52. The molecule has 0 heterocycles. The molecule has 0 bridgehead atoms. The first-order chi connectivity index (χ1) is 10.1. The summed E-state index contributed by atoms with van der Waals surface area (Å²) in [6.07, 6.45) is -1.69. The van der Waals surface area contributed by atoms with E-state index in [1.807, 2.05) is 0 Å². The van der Waals surface area contributed by atoms with Gasteiger partial charge in [0.05, 0.1) is 23.2 Å². The van der Waals surface area contributed by atoms with Crippen molar-refractivity contribution in [2.45, 2.75) is 46.5 Å². The second kappa shape index (κ2) is 7.24. The molecule has 0 fully saturated rings. The van der Waals surface area contributed by atoms with E-state index in [-0.39, 0.29) is 19.3 Å². The van der Waals surface area contributed by atoms with Gasteiger partial charge in [0, 0.05) is 0 Å². The number of aliphatic carboxylic acids is 4. The quantitative estimate of drug-likeness (QED) is 0.473. The maximum absolute atomic E-state index is 11.9. The van der Waals surface area contributed by atoms with Crippen LogP contribution in [-0.4, -0.2) is 44.3 Å². The van der Waals surface area contributed by atoms with Crippen molar-refractivity contribution in [3.05, 3.63) is 0 Å². The highest BCUT2D eigenvalue weighted by atomic mass is 16.4. The fourth-order valence-corrected chi connectivity index (χ4v) is 3.43. The molecule has 0 aliphatic carbocycles. The highest BCUT2D eigenvalue weighted by Gasteiger charge is 2.65. The lowest BCUT2D eigenvalue weighted by molar-refractivity contribution is -0.191. The molecule has 22 heavy (non-hydrogen) atoms. The van der Waals surface area contributed by atoms with E-state index in [2.05, 4.69) is 0 Å². The van der Waals surface area contributed by atoms with Gasteiger partial charge >= 0.3 is 23.9 Å². The van der Waals surface area contributed by atoms with Crippen LogP contribution in [0, 0.1) is 16.7 Å². The van der Waals surface area contributed by atoms with Crippen LogP contribution in [0.5, 0.6) is 0 Å². The Labute approximate surface area is 127 Å². The van der Waals surface area contributed by atoms with Gasteiger partial charge in [0.25, 0.3) is 0 Å². The van der Waals surface area contributed by atoms with E-state index in [9.17, 15) is 34.5 Å². The first-order valence-electron chi connectivity index (χ1n) is 6.98. The Morgan fingerprint density at radius 2 is 1.36 bits per heavy atom. The summed E-state index contributed by atoms with van der Waals surface area (Å²) >= 11 is 0. The average molecular weight is 318 g/mol. The van der Waals surface area contributed by atoms with E-state index < -0.39 is 47.0 Å². The van der Waals surface area contributed by atoms with Crippen LogP contribution in [0.25, 0.3) is 0 Å². The number of carbonyl (C=O) groups is 4. The largest absolute Gasteiger partial charge is 0.481 e. The van der Waals surface area contributed by atoms with Gasteiger partial charge in [-0.1, -0.05) is 20.8 Å². The van der Waals surface area contributed by atoms with Crippen molar-refractivity contribution in [2.24, 2.45) is 16.7 Å². The summed E-state index contributed by atoms with van der Waals surface area (Å²) in [4.78, 5) is 46.4. The molecular formula is C14H22O8. The van der Waals surface area contributed by atoms with Crippen LogP contribution in [0.4, 0.5) is 0 Å². The third kappa shape index (κ3) is 2.90. The first kappa shape index (κ1) is 19.9. The highest BCUT2D eigenvalue weighted by molar-refractivity contribution is 5.93. The van der Waals surface area contributed by atoms with Crippen molar-refractivity contribution < 1.29 is 39.6 Å². The lowest BCUT2D eigenvalue weighted by Gasteiger charge is -2.46. The maximum Gasteiger partial charge on any atom is 0.311 e. The van der Waals surface area contributed by atoms with Crippen molar-refractivity contribution >= 4 is 23.9 Å². The molecule has 8 nitrogen and oxygen atoms in total. The summed E-state index contributed by atoms with van der Waals surface area (Å²) in [5, 5.41) is 37.7. The summed E-state index contributed by atoms with van der Waals surface area (Å²) < 4.78 is 0. The van der Waals surface area contributed by atoms with Gasteiger partial charge in [-0.05, 0) is 19.3 Å². The van der Waals surface area contributed by atoms with Gasteiger partial charge in [-0.3, -0.25) is 19.2 Å². The molecule has 0 saturated carbocycles. The second-order valence-electron chi connectivity index (χ2n) is 5.24. The molecule has 0 radical (unpaired) electrons. The summed E-state index contributed by atoms with van der Waals surface area (Å²) in [5.41, 5.74) is -4.43. The van der Waals surface area contributed by atoms with Crippen LogP contribution in [-0.2, 0) is 19.2 Å². The van der Waals surface area contributed by atoms with Gasteiger partial charge in [-0.15, -0.1) is 0 Å². The highest BCUT2D eigenvalue weighted by Crippen LogP contribution is 2.54. The molecule has 0 spiro atoms. The molecule has 0 aliphatic heterocycles. The van der Waals surface area contributed by atoms with E-state index in [1.165, 1.54) is 20.8 Å². The molecule has 0 aromatic heterocycles. The lowest BCUT2D eigenvalue weighted by Crippen LogP contribution is -2.58. The van der Waals surface area contributed by atoms with E-state index in [0.29, 0.717) is 0 Å². The van der Waals surface area contributed by atoms with Crippen LogP contribution >= 0.6 is 0 Å². The van der Waals surface area contributed by atoms with Crippen LogP contribution in [0.3, 0.4) is 0 Å².